The smallest absolute Gasteiger partial charge is 0.315 e. The highest BCUT2D eigenvalue weighted by Crippen LogP contribution is 2.06. The van der Waals surface area contributed by atoms with Gasteiger partial charge in [-0.3, -0.25) is 4.79 Å². The minimum absolute atomic E-state index is 0.150. The third-order valence-electron chi connectivity index (χ3n) is 1.83. The third kappa shape index (κ3) is 4.33. The average Bonchev–Trinajstić information content (AvgIpc) is 2.25. The predicted molar refractivity (Wildman–Crippen MR) is 59.5 cm³/mol. The Bertz CT molecular complexity index is 272. The summed E-state index contributed by atoms with van der Waals surface area (Å²) in [5, 5.41) is 0. The SMILES string of the molecule is COC(=O)CSCCc1ccccc1. The highest BCUT2D eigenvalue weighted by molar-refractivity contribution is 7.99. The van der Waals surface area contributed by atoms with Crippen LogP contribution in [0.3, 0.4) is 0 Å². The van der Waals surface area contributed by atoms with Crippen molar-refractivity contribution >= 4 is 17.7 Å². The van der Waals surface area contributed by atoms with Gasteiger partial charge in [0.2, 0.25) is 0 Å². The van der Waals surface area contributed by atoms with E-state index in [-0.39, 0.29) is 5.97 Å². The molecular weight excluding hydrogens is 196 g/mol. The van der Waals surface area contributed by atoms with E-state index in [1.54, 1.807) is 11.8 Å². The number of esters is 1. The van der Waals surface area contributed by atoms with Crippen LogP contribution in [0.4, 0.5) is 0 Å². The Morgan fingerprint density at radius 3 is 2.71 bits per heavy atom. The van der Waals surface area contributed by atoms with E-state index in [1.165, 1.54) is 12.7 Å². The minimum Gasteiger partial charge on any atom is -0.468 e. The molecule has 0 aliphatic rings. The standard InChI is InChI=1S/C11H14O2S/c1-13-11(12)9-14-8-7-10-5-3-2-4-6-10/h2-6H,7-9H2,1H3. The van der Waals surface area contributed by atoms with Crippen LogP contribution in [-0.2, 0) is 16.0 Å². The second kappa shape index (κ2) is 6.49. The molecule has 0 saturated heterocycles. The van der Waals surface area contributed by atoms with Gasteiger partial charge in [-0.1, -0.05) is 30.3 Å². The summed E-state index contributed by atoms with van der Waals surface area (Å²) in [7, 11) is 1.42. The van der Waals surface area contributed by atoms with Crippen LogP contribution in [0.15, 0.2) is 30.3 Å². The van der Waals surface area contributed by atoms with E-state index in [0.29, 0.717) is 5.75 Å². The fraction of sp³-hybridized carbons (Fsp3) is 0.364. The zero-order valence-corrected chi connectivity index (χ0v) is 9.05. The lowest BCUT2D eigenvalue weighted by Crippen LogP contribution is -2.04. The number of methoxy groups -OCH3 is 1. The van der Waals surface area contributed by atoms with Crippen LogP contribution in [0.1, 0.15) is 5.56 Å². The summed E-state index contributed by atoms with van der Waals surface area (Å²) in [6, 6.07) is 10.3. The van der Waals surface area contributed by atoms with Gasteiger partial charge in [-0.2, -0.15) is 0 Å². The molecule has 0 atom stereocenters. The number of hydrogen-bond donors (Lipinski definition) is 0. The largest absolute Gasteiger partial charge is 0.468 e. The Morgan fingerprint density at radius 2 is 2.07 bits per heavy atom. The molecule has 14 heavy (non-hydrogen) atoms. The van der Waals surface area contributed by atoms with Crippen molar-refractivity contribution in [3.8, 4) is 0 Å². The van der Waals surface area contributed by atoms with Gasteiger partial charge < -0.3 is 4.74 Å². The van der Waals surface area contributed by atoms with Gasteiger partial charge in [0, 0.05) is 0 Å². The van der Waals surface area contributed by atoms with Gasteiger partial charge in [0.15, 0.2) is 0 Å². The van der Waals surface area contributed by atoms with Crippen molar-refractivity contribution < 1.29 is 9.53 Å². The predicted octanol–water partition coefficient (Wildman–Crippen LogP) is 2.14. The number of aryl methyl sites for hydroxylation is 1. The highest BCUT2D eigenvalue weighted by atomic mass is 32.2. The Labute approximate surface area is 88.7 Å². The first-order valence-electron chi connectivity index (χ1n) is 4.51. The molecule has 0 unspecified atom stereocenters. The topological polar surface area (TPSA) is 26.3 Å². The lowest BCUT2D eigenvalue weighted by Gasteiger charge is -2.00. The summed E-state index contributed by atoms with van der Waals surface area (Å²) >= 11 is 1.61. The lowest BCUT2D eigenvalue weighted by atomic mass is 10.2. The first kappa shape index (κ1) is 11.1. The molecular formula is C11H14O2S. The summed E-state index contributed by atoms with van der Waals surface area (Å²) in [5.41, 5.74) is 1.31. The molecule has 1 aromatic carbocycles. The van der Waals surface area contributed by atoms with Gasteiger partial charge >= 0.3 is 5.97 Å². The molecule has 0 aliphatic carbocycles. The Hall–Kier alpha value is -0.960. The molecule has 0 aliphatic heterocycles. The zero-order valence-electron chi connectivity index (χ0n) is 8.23. The molecule has 0 radical (unpaired) electrons. The third-order valence-corrected chi connectivity index (χ3v) is 2.76. The van der Waals surface area contributed by atoms with Crippen LogP contribution in [-0.4, -0.2) is 24.6 Å². The van der Waals surface area contributed by atoms with E-state index in [0.717, 1.165) is 12.2 Å². The van der Waals surface area contributed by atoms with Crippen LogP contribution in [0.2, 0.25) is 0 Å². The van der Waals surface area contributed by atoms with E-state index in [2.05, 4.69) is 16.9 Å². The number of ether oxygens (including phenoxy) is 1. The summed E-state index contributed by atoms with van der Waals surface area (Å²) in [6.07, 6.45) is 1.00. The van der Waals surface area contributed by atoms with Crippen molar-refractivity contribution in [1.82, 2.24) is 0 Å². The first-order valence-corrected chi connectivity index (χ1v) is 5.67. The van der Waals surface area contributed by atoms with Gasteiger partial charge in [0.1, 0.15) is 0 Å². The van der Waals surface area contributed by atoms with Crippen molar-refractivity contribution in [2.24, 2.45) is 0 Å². The number of benzene rings is 1. The van der Waals surface area contributed by atoms with Crippen molar-refractivity contribution in [1.29, 1.82) is 0 Å². The van der Waals surface area contributed by atoms with E-state index in [1.807, 2.05) is 18.2 Å². The second-order valence-electron chi connectivity index (χ2n) is 2.86. The van der Waals surface area contributed by atoms with Gasteiger partial charge in [0.25, 0.3) is 0 Å². The van der Waals surface area contributed by atoms with Crippen molar-refractivity contribution in [3.63, 3.8) is 0 Å². The molecule has 0 aromatic heterocycles. The fourth-order valence-corrected chi connectivity index (χ4v) is 1.86. The summed E-state index contributed by atoms with van der Waals surface area (Å²) in [4.78, 5) is 10.8. The molecule has 0 saturated carbocycles. The molecule has 0 spiro atoms. The lowest BCUT2D eigenvalue weighted by molar-refractivity contribution is -0.137. The minimum atomic E-state index is -0.150. The summed E-state index contributed by atoms with van der Waals surface area (Å²) in [6.45, 7) is 0. The number of carbonyl (C=O) groups is 1. The number of rotatable bonds is 5. The zero-order chi connectivity index (χ0) is 10.2. The van der Waals surface area contributed by atoms with Crippen LogP contribution in [0.25, 0.3) is 0 Å². The maximum Gasteiger partial charge on any atom is 0.315 e. The summed E-state index contributed by atoms with van der Waals surface area (Å²) in [5.74, 6) is 1.26. The maximum absolute atomic E-state index is 10.8. The van der Waals surface area contributed by atoms with E-state index >= 15 is 0 Å². The molecule has 0 fully saturated rings. The molecule has 76 valence electrons. The Kier molecular flexibility index (Phi) is 5.15. The van der Waals surface area contributed by atoms with Crippen molar-refractivity contribution in [2.45, 2.75) is 6.42 Å². The quantitative estimate of drug-likeness (QED) is 0.550. The molecule has 0 bridgehead atoms. The maximum atomic E-state index is 10.8. The van der Waals surface area contributed by atoms with Crippen molar-refractivity contribution in [2.75, 3.05) is 18.6 Å². The van der Waals surface area contributed by atoms with E-state index in [4.69, 9.17) is 0 Å². The summed E-state index contributed by atoms with van der Waals surface area (Å²) < 4.78 is 4.54. The number of carbonyl (C=O) groups excluding carboxylic acids is 1. The normalized spacial score (nSPS) is 9.79. The monoisotopic (exact) mass is 210 g/mol. The van der Waals surface area contributed by atoms with Gasteiger partial charge in [-0.15, -0.1) is 11.8 Å². The van der Waals surface area contributed by atoms with Crippen LogP contribution in [0, 0.1) is 0 Å². The van der Waals surface area contributed by atoms with Gasteiger partial charge in [-0.05, 0) is 17.7 Å². The fourth-order valence-electron chi connectivity index (χ4n) is 1.05. The van der Waals surface area contributed by atoms with Crippen molar-refractivity contribution in [3.05, 3.63) is 35.9 Å². The Balaban J connectivity index is 2.13. The van der Waals surface area contributed by atoms with Crippen LogP contribution in [0.5, 0.6) is 0 Å². The molecule has 0 amide bonds. The number of hydrogen-bond acceptors (Lipinski definition) is 3. The van der Waals surface area contributed by atoms with Crippen LogP contribution >= 0.6 is 11.8 Å². The first-order chi connectivity index (χ1) is 6.83. The molecule has 3 heteroatoms. The van der Waals surface area contributed by atoms with Gasteiger partial charge in [-0.25, -0.2) is 0 Å². The Morgan fingerprint density at radius 1 is 1.36 bits per heavy atom. The number of thioether (sulfide) groups is 1. The molecule has 1 rings (SSSR count). The second-order valence-corrected chi connectivity index (χ2v) is 3.97. The molecule has 1 aromatic rings. The highest BCUT2D eigenvalue weighted by Gasteiger charge is 1.99. The molecule has 2 nitrogen and oxygen atoms in total. The van der Waals surface area contributed by atoms with Gasteiger partial charge in [0.05, 0.1) is 12.9 Å². The molecule has 0 N–H and O–H groups in total. The van der Waals surface area contributed by atoms with E-state index in [9.17, 15) is 4.79 Å². The molecule has 0 heterocycles. The average molecular weight is 210 g/mol. The van der Waals surface area contributed by atoms with Crippen LogP contribution < -0.4 is 0 Å². The van der Waals surface area contributed by atoms with E-state index < -0.39 is 0 Å².